The second kappa shape index (κ2) is 11.2. The zero-order valence-electron chi connectivity index (χ0n) is 28.1. The molecule has 0 fully saturated rings. The maximum absolute atomic E-state index is 7.75. The van der Waals surface area contributed by atoms with Gasteiger partial charge in [0.1, 0.15) is 0 Å². The van der Waals surface area contributed by atoms with Crippen molar-refractivity contribution in [2.75, 3.05) is 0 Å². The molecule has 2 heteroatoms. The first kappa shape index (κ1) is 28.9. The fourth-order valence-corrected chi connectivity index (χ4v) is 10.1. The molecule has 1 N–H and O–H groups in total. The fraction of sp³-hybridized carbons (Fsp3) is 0.234. The van der Waals surface area contributed by atoms with E-state index in [0.29, 0.717) is 18.3 Å². The summed E-state index contributed by atoms with van der Waals surface area (Å²) in [5.74, 6) is 1.08. The first-order valence-electron chi connectivity index (χ1n) is 18.3. The molecular weight excluding hydrogens is 593 g/mol. The monoisotopic (exact) mass is 632 g/mol. The third-order valence-electron chi connectivity index (χ3n) is 11.9. The predicted molar refractivity (Wildman–Crippen MR) is 208 cm³/mol. The molecule has 0 saturated heterocycles. The van der Waals surface area contributed by atoms with Crippen molar-refractivity contribution in [3.8, 4) is 33.4 Å². The number of benzene rings is 5. The molecule has 4 aliphatic carbocycles. The molecule has 5 aromatic rings. The number of nitrogens with zero attached hydrogens (tertiary/aromatic N) is 1. The van der Waals surface area contributed by atoms with E-state index in [0.717, 1.165) is 19.3 Å². The number of allylic oxidation sites excluding steroid dienone is 7. The van der Waals surface area contributed by atoms with Gasteiger partial charge >= 0.3 is 0 Å². The summed E-state index contributed by atoms with van der Waals surface area (Å²) in [6.45, 7) is 2.40. The fourth-order valence-electron chi connectivity index (χ4n) is 10.1. The third-order valence-corrected chi connectivity index (χ3v) is 11.9. The molecule has 0 spiro atoms. The quantitative estimate of drug-likeness (QED) is 0.108. The molecule has 0 amide bonds. The normalized spacial score (nSPS) is 20.6. The average molecular weight is 633 g/mol. The van der Waals surface area contributed by atoms with Crippen LogP contribution in [0.2, 0.25) is 0 Å². The third kappa shape index (κ3) is 4.19. The number of nitrogens with one attached hydrogen (secondary N) is 1. The smallest absolute Gasteiger partial charge is 0.0667 e. The van der Waals surface area contributed by atoms with Gasteiger partial charge in [-0.2, -0.15) is 0 Å². The molecule has 0 bridgehead atoms. The van der Waals surface area contributed by atoms with E-state index in [1.165, 1.54) is 97.2 Å². The SMILES string of the molecule is CC(/C=C\CC=N)c1c2c(c(C3=CCCC=N3)c3c1cc1c4c(cc(-c5ccccc5)cc43)-c3ccccc3-1)C1CCCC3=C1C2CC=C3. The van der Waals surface area contributed by atoms with Gasteiger partial charge in [0.05, 0.1) is 5.70 Å². The van der Waals surface area contributed by atoms with E-state index >= 15 is 0 Å². The second-order valence-corrected chi connectivity index (χ2v) is 14.6. The summed E-state index contributed by atoms with van der Waals surface area (Å²) < 4.78 is 0. The van der Waals surface area contributed by atoms with Crippen LogP contribution in [-0.2, 0) is 0 Å². The summed E-state index contributed by atoms with van der Waals surface area (Å²) in [4.78, 5) is 5.24. The largest absolute Gasteiger partial charge is 0.313 e. The minimum absolute atomic E-state index is 0.210. The lowest BCUT2D eigenvalue weighted by Gasteiger charge is -2.28. The molecule has 0 radical (unpaired) electrons. The second-order valence-electron chi connectivity index (χ2n) is 14.6. The molecule has 5 aliphatic rings. The van der Waals surface area contributed by atoms with Gasteiger partial charge in [0, 0.05) is 30.0 Å². The summed E-state index contributed by atoms with van der Waals surface area (Å²) in [7, 11) is 0. The maximum Gasteiger partial charge on any atom is 0.0667 e. The van der Waals surface area contributed by atoms with Crippen molar-refractivity contribution >= 4 is 39.7 Å². The van der Waals surface area contributed by atoms with Gasteiger partial charge in [0.2, 0.25) is 0 Å². The zero-order valence-corrected chi connectivity index (χ0v) is 28.1. The highest BCUT2D eigenvalue weighted by Gasteiger charge is 2.44. The molecule has 10 rings (SSSR count). The molecule has 1 aliphatic heterocycles. The summed E-state index contributed by atoms with van der Waals surface area (Å²) in [5.41, 5.74) is 18.4. The van der Waals surface area contributed by atoms with Gasteiger partial charge in [-0.15, -0.1) is 0 Å². The lowest BCUT2D eigenvalue weighted by atomic mass is 9.76. The van der Waals surface area contributed by atoms with Crippen LogP contribution in [0.3, 0.4) is 0 Å². The molecule has 2 nitrogen and oxygen atoms in total. The van der Waals surface area contributed by atoms with Crippen LogP contribution in [0.1, 0.15) is 91.9 Å². The number of hydrogen-bond donors (Lipinski definition) is 1. The van der Waals surface area contributed by atoms with Crippen LogP contribution in [0.25, 0.3) is 60.6 Å². The van der Waals surface area contributed by atoms with Crippen molar-refractivity contribution in [3.63, 3.8) is 0 Å². The summed E-state index contributed by atoms with van der Waals surface area (Å²) in [6, 6.07) is 27.5. The highest BCUT2D eigenvalue weighted by molar-refractivity contribution is 6.27. The molecular formula is C47H40N2. The lowest BCUT2D eigenvalue weighted by Crippen LogP contribution is -2.11. The number of hydrogen-bond acceptors (Lipinski definition) is 2. The highest BCUT2D eigenvalue weighted by atomic mass is 14.7. The van der Waals surface area contributed by atoms with Crippen LogP contribution >= 0.6 is 0 Å². The molecule has 49 heavy (non-hydrogen) atoms. The Morgan fingerprint density at radius 3 is 2.45 bits per heavy atom. The van der Waals surface area contributed by atoms with E-state index in [1.807, 2.05) is 0 Å². The van der Waals surface area contributed by atoms with Crippen LogP contribution in [0.5, 0.6) is 0 Å². The Morgan fingerprint density at radius 1 is 0.837 bits per heavy atom. The van der Waals surface area contributed by atoms with E-state index in [1.54, 1.807) is 22.3 Å². The van der Waals surface area contributed by atoms with Crippen molar-refractivity contribution < 1.29 is 0 Å². The van der Waals surface area contributed by atoms with Gasteiger partial charge in [-0.05, 0) is 146 Å². The van der Waals surface area contributed by atoms with Gasteiger partial charge in [-0.3, -0.25) is 4.99 Å². The van der Waals surface area contributed by atoms with Crippen molar-refractivity contribution in [3.05, 3.63) is 137 Å². The van der Waals surface area contributed by atoms with Crippen LogP contribution in [-0.4, -0.2) is 12.4 Å². The van der Waals surface area contributed by atoms with E-state index in [4.69, 9.17) is 10.4 Å². The summed E-state index contributed by atoms with van der Waals surface area (Å²) >= 11 is 0. The standard InChI is InChI=1S/C47H40N2/c1-28(13-7-9-23-48)41-39-27-37-33-19-6-5-18-32(33)36-25-31(29-14-3-2-4-15-29)26-38(43(36)37)44(39)47(40-22-8-10-24-49-40)46-35-21-12-17-30-16-11-20-34(42(30)35)45(41)46/h2-7,11,13-16,18-19,22-28,34-35,48H,8-10,12,17,20-21H2,1H3/b13-7-,48-23?. The van der Waals surface area contributed by atoms with Gasteiger partial charge in [0.15, 0.2) is 0 Å². The van der Waals surface area contributed by atoms with Crippen molar-refractivity contribution in [1.82, 2.24) is 0 Å². The number of rotatable bonds is 6. The number of aliphatic imine (C=N–C) groups is 1. The van der Waals surface area contributed by atoms with E-state index in [-0.39, 0.29) is 5.92 Å². The Bertz CT molecular complexity index is 2400. The molecule has 1 heterocycles. The Morgan fingerprint density at radius 2 is 1.65 bits per heavy atom. The van der Waals surface area contributed by atoms with Crippen LogP contribution in [0.4, 0.5) is 0 Å². The minimum atomic E-state index is 0.210. The van der Waals surface area contributed by atoms with Crippen molar-refractivity contribution in [2.45, 2.75) is 69.6 Å². The van der Waals surface area contributed by atoms with Crippen molar-refractivity contribution in [1.29, 1.82) is 5.41 Å². The van der Waals surface area contributed by atoms with Gasteiger partial charge in [0.25, 0.3) is 0 Å². The average Bonchev–Trinajstić information content (AvgIpc) is 3.66. The summed E-state index contributed by atoms with van der Waals surface area (Å²) in [6.07, 6.45) is 23.0. The summed E-state index contributed by atoms with van der Waals surface area (Å²) in [5, 5.41) is 13.3. The van der Waals surface area contributed by atoms with Gasteiger partial charge in [-0.1, -0.05) is 97.5 Å². The molecule has 0 aromatic heterocycles. The Labute approximate surface area is 288 Å². The van der Waals surface area contributed by atoms with E-state index in [2.05, 4.69) is 116 Å². The molecule has 3 atom stereocenters. The van der Waals surface area contributed by atoms with Crippen LogP contribution in [0.15, 0.2) is 119 Å². The van der Waals surface area contributed by atoms with E-state index in [9.17, 15) is 0 Å². The zero-order chi connectivity index (χ0) is 32.6. The van der Waals surface area contributed by atoms with Gasteiger partial charge < -0.3 is 5.41 Å². The Kier molecular flexibility index (Phi) is 6.63. The Balaban J connectivity index is 1.43. The minimum Gasteiger partial charge on any atom is -0.313 e. The molecule has 238 valence electrons. The first-order valence-corrected chi connectivity index (χ1v) is 18.3. The highest BCUT2D eigenvalue weighted by Crippen LogP contribution is 2.62. The molecule has 5 aromatic carbocycles. The van der Waals surface area contributed by atoms with Crippen LogP contribution < -0.4 is 0 Å². The van der Waals surface area contributed by atoms with E-state index < -0.39 is 0 Å². The first-order chi connectivity index (χ1) is 24.2. The van der Waals surface area contributed by atoms with Gasteiger partial charge in [-0.25, -0.2) is 0 Å². The van der Waals surface area contributed by atoms with Crippen LogP contribution in [0, 0.1) is 5.41 Å². The Hall–Kier alpha value is -5.08. The number of fused-ring (bicyclic) bond motifs is 8. The molecule has 0 saturated carbocycles. The maximum atomic E-state index is 7.75. The predicted octanol–water partition coefficient (Wildman–Crippen LogP) is 12.8. The lowest BCUT2D eigenvalue weighted by molar-refractivity contribution is 0.591. The topological polar surface area (TPSA) is 36.2 Å². The van der Waals surface area contributed by atoms with Crippen molar-refractivity contribution in [2.24, 2.45) is 4.99 Å². The molecule has 3 unspecified atom stereocenters.